The van der Waals surface area contributed by atoms with Crippen LogP contribution in [-0.2, 0) is 14.8 Å². The maximum atomic E-state index is 13.0. The summed E-state index contributed by atoms with van der Waals surface area (Å²) in [5.41, 5.74) is 0.920. The second-order valence-electron chi connectivity index (χ2n) is 6.80. The van der Waals surface area contributed by atoms with Crippen molar-refractivity contribution >= 4 is 21.6 Å². The summed E-state index contributed by atoms with van der Waals surface area (Å²) in [6, 6.07) is 15.0. The van der Waals surface area contributed by atoms with Crippen molar-refractivity contribution in [2.45, 2.75) is 31.0 Å². The largest absolute Gasteiger partial charge is 0.372 e. The van der Waals surface area contributed by atoms with E-state index in [2.05, 4.69) is 0 Å². The fourth-order valence-electron chi connectivity index (χ4n) is 3.25. The van der Waals surface area contributed by atoms with Crippen molar-refractivity contribution in [2.24, 2.45) is 0 Å². The fraction of sp³-hybridized carbons (Fsp3) is 0.350. The number of nitrogens with zero attached hydrogens (tertiary/aromatic N) is 2. The van der Waals surface area contributed by atoms with Crippen molar-refractivity contribution in [2.75, 3.05) is 24.4 Å². The first kappa shape index (κ1) is 19.4. The van der Waals surface area contributed by atoms with Crippen molar-refractivity contribution in [1.29, 1.82) is 0 Å². The third-order valence-corrected chi connectivity index (χ3v) is 6.35. The Balaban J connectivity index is 1.88. The van der Waals surface area contributed by atoms with Gasteiger partial charge >= 0.3 is 0 Å². The van der Waals surface area contributed by atoms with Gasteiger partial charge in [-0.2, -0.15) is 0 Å². The predicted molar refractivity (Wildman–Crippen MR) is 104 cm³/mol. The molecule has 1 aliphatic heterocycles. The third-order valence-electron chi connectivity index (χ3n) is 4.57. The van der Waals surface area contributed by atoms with Crippen molar-refractivity contribution in [3.8, 4) is 0 Å². The number of anilines is 1. The molecule has 144 valence electrons. The lowest BCUT2D eigenvalue weighted by Crippen LogP contribution is -2.48. The van der Waals surface area contributed by atoms with Gasteiger partial charge in [-0.1, -0.05) is 24.3 Å². The van der Waals surface area contributed by atoms with Crippen molar-refractivity contribution in [3.63, 3.8) is 0 Å². The maximum absolute atomic E-state index is 13.0. The molecule has 2 unspecified atom stereocenters. The number of hydrogen-bond acceptors (Lipinski definition) is 4. The minimum absolute atomic E-state index is 0.0474. The molecule has 7 heteroatoms. The second-order valence-corrected chi connectivity index (χ2v) is 8.77. The normalized spacial score (nSPS) is 20.3. The number of benzene rings is 2. The molecule has 0 saturated carbocycles. The first-order chi connectivity index (χ1) is 12.8. The van der Waals surface area contributed by atoms with Crippen molar-refractivity contribution in [3.05, 3.63) is 60.2 Å². The zero-order chi connectivity index (χ0) is 19.6. The number of para-hydroxylation sites is 1. The molecule has 1 amide bonds. The van der Waals surface area contributed by atoms with E-state index in [1.807, 2.05) is 19.9 Å². The lowest BCUT2D eigenvalue weighted by atomic mass is 10.1. The Kier molecular flexibility index (Phi) is 5.53. The number of morpholine rings is 1. The van der Waals surface area contributed by atoms with Gasteiger partial charge in [0.2, 0.25) is 0 Å². The highest BCUT2D eigenvalue weighted by molar-refractivity contribution is 7.92. The zero-order valence-corrected chi connectivity index (χ0v) is 16.5. The van der Waals surface area contributed by atoms with Gasteiger partial charge in [-0.3, -0.25) is 9.10 Å². The van der Waals surface area contributed by atoms with Gasteiger partial charge in [0.1, 0.15) is 0 Å². The Morgan fingerprint density at radius 1 is 1.04 bits per heavy atom. The number of ether oxygens (including phenoxy) is 1. The molecule has 0 bridgehead atoms. The average molecular weight is 388 g/mol. The second kappa shape index (κ2) is 7.70. The quantitative estimate of drug-likeness (QED) is 0.808. The Morgan fingerprint density at radius 3 is 2.30 bits per heavy atom. The Labute approximate surface area is 160 Å². The van der Waals surface area contributed by atoms with Gasteiger partial charge in [0, 0.05) is 25.7 Å². The van der Waals surface area contributed by atoms with Gasteiger partial charge < -0.3 is 9.64 Å². The standard InChI is InChI=1S/C20H24N2O4S/c1-15-13-22(14-16(2)26-15)20(23)17-8-7-11-19(12-17)27(24,25)21(3)18-9-5-4-6-10-18/h4-12,15-16H,13-14H2,1-3H3. The molecular formula is C20H24N2O4S. The Hall–Kier alpha value is -2.38. The lowest BCUT2D eigenvalue weighted by Gasteiger charge is -2.35. The molecule has 0 spiro atoms. The van der Waals surface area contributed by atoms with Crippen LogP contribution in [0.1, 0.15) is 24.2 Å². The third kappa shape index (κ3) is 4.14. The fourth-order valence-corrected chi connectivity index (χ4v) is 4.49. The summed E-state index contributed by atoms with van der Waals surface area (Å²) < 4.78 is 32.8. The van der Waals surface area contributed by atoms with Gasteiger partial charge in [0.05, 0.1) is 22.8 Å². The number of sulfonamides is 1. The molecule has 2 aromatic carbocycles. The molecule has 1 heterocycles. The smallest absolute Gasteiger partial charge is 0.264 e. The number of rotatable bonds is 4. The summed E-state index contributed by atoms with van der Waals surface area (Å²) in [4.78, 5) is 14.7. The monoisotopic (exact) mass is 388 g/mol. The molecule has 2 aromatic rings. The van der Waals surface area contributed by atoms with E-state index >= 15 is 0 Å². The van der Waals surface area contributed by atoms with Gasteiger partial charge in [-0.15, -0.1) is 0 Å². The van der Waals surface area contributed by atoms with Crippen LogP contribution in [0.2, 0.25) is 0 Å². The maximum Gasteiger partial charge on any atom is 0.264 e. The molecule has 1 aliphatic rings. The summed E-state index contributed by atoms with van der Waals surface area (Å²) in [6.07, 6.45) is -0.0948. The van der Waals surface area contributed by atoms with E-state index in [1.165, 1.54) is 23.5 Å². The van der Waals surface area contributed by atoms with Gasteiger partial charge in [-0.25, -0.2) is 8.42 Å². The molecule has 0 aliphatic carbocycles. The van der Waals surface area contributed by atoms with E-state index < -0.39 is 10.0 Å². The van der Waals surface area contributed by atoms with Gasteiger partial charge in [0.15, 0.2) is 0 Å². The van der Waals surface area contributed by atoms with Crippen molar-refractivity contribution in [1.82, 2.24) is 4.90 Å². The van der Waals surface area contributed by atoms with Gasteiger partial charge in [-0.05, 0) is 44.2 Å². The van der Waals surface area contributed by atoms with Crippen LogP contribution in [0.4, 0.5) is 5.69 Å². The van der Waals surface area contributed by atoms with Crippen LogP contribution in [-0.4, -0.2) is 51.6 Å². The molecule has 0 radical (unpaired) electrons. The summed E-state index contributed by atoms with van der Waals surface area (Å²) in [6.45, 7) is 4.82. The number of carbonyl (C=O) groups is 1. The van der Waals surface area contributed by atoms with Crippen molar-refractivity contribution < 1.29 is 17.9 Å². The van der Waals surface area contributed by atoms with Crippen LogP contribution in [0.5, 0.6) is 0 Å². The highest BCUT2D eigenvalue weighted by atomic mass is 32.2. The molecule has 0 aromatic heterocycles. The highest BCUT2D eigenvalue weighted by Gasteiger charge is 2.28. The minimum Gasteiger partial charge on any atom is -0.372 e. The first-order valence-electron chi connectivity index (χ1n) is 8.88. The summed E-state index contributed by atoms with van der Waals surface area (Å²) in [5.74, 6) is -0.184. The number of carbonyl (C=O) groups excluding carboxylic acids is 1. The van der Waals surface area contributed by atoms with Crippen LogP contribution >= 0.6 is 0 Å². The van der Waals surface area contributed by atoms with Crippen LogP contribution < -0.4 is 4.31 Å². The van der Waals surface area contributed by atoms with E-state index in [0.717, 1.165) is 0 Å². The number of amides is 1. The number of hydrogen-bond donors (Lipinski definition) is 0. The Morgan fingerprint density at radius 2 is 1.67 bits per heavy atom. The van der Waals surface area contributed by atoms with E-state index in [0.29, 0.717) is 24.3 Å². The predicted octanol–water partition coefficient (Wildman–Crippen LogP) is 2.76. The molecule has 3 rings (SSSR count). The van der Waals surface area contributed by atoms with E-state index in [-0.39, 0.29) is 23.0 Å². The minimum atomic E-state index is -3.76. The molecule has 1 saturated heterocycles. The molecule has 6 nitrogen and oxygen atoms in total. The lowest BCUT2D eigenvalue weighted by molar-refractivity contribution is -0.0586. The molecule has 27 heavy (non-hydrogen) atoms. The van der Waals surface area contributed by atoms with Crippen LogP contribution in [0.15, 0.2) is 59.5 Å². The topological polar surface area (TPSA) is 66.9 Å². The average Bonchev–Trinajstić information content (AvgIpc) is 2.66. The van der Waals surface area contributed by atoms with E-state index in [4.69, 9.17) is 4.74 Å². The summed E-state index contributed by atoms with van der Waals surface area (Å²) in [7, 11) is -2.26. The van der Waals surface area contributed by atoms with Crippen LogP contribution in [0, 0.1) is 0 Å². The molecule has 1 fully saturated rings. The zero-order valence-electron chi connectivity index (χ0n) is 15.7. The van der Waals surface area contributed by atoms with Crippen LogP contribution in [0.25, 0.3) is 0 Å². The van der Waals surface area contributed by atoms with Gasteiger partial charge in [0.25, 0.3) is 15.9 Å². The SMILES string of the molecule is CC1CN(C(=O)c2cccc(S(=O)(=O)N(C)c3ccccc3)c2)CC(C)O1. The summed E-state index contributed by atoms with van der Waals surface area (Å²) in [5, 5.41) is 0. The van der Waals surface area contributed by atoms with E-state index in [9.17, 15) is 13.2 Å². The molecule has 2 atom stereocenters. The van der Waals surface area contributed by atoms with Crippen LogP contribution in [0.3, 0.4) is 0 Å². The molecule has 0 N–H and O–H groups in total. The first-order valence-corrected chi connectivity index (χ1v) is 10.3. The highest BCUT2D eigenvalue weighted by Crippen LogP contribution is 2.23. The Bertz CT molecular complexity index is 905. The molecular weight excluding hydrogens is 364 g/mol. The van der Waals surface area contributed by atoms with E-state index in [1.54, 1.807) is 41.3 Å². The summed E-state index contributed by atoms with van der Waals surface area (Å²) >= 11 is 0.